The summed E-state index contributed by atoms with van der Waals surface area (Å²) in [7, 11) is 0. The lowest BCUT2D eigenvalue weighted by atomic mass is 10.2. The first kappa shape index (κ1) is 11.8. The number of thiol groups is 1. The van der Waals surface area contributed by atoms with Crippen molar-refractivity contribution in [1.82, 2.24) is 0 Å². The van der Waals surface area contributed by atoms with E-state index in [2.05, 4.69) is 12.6 Å². The fraction of sp³-hybridized carbons (Fsp3) is 0.0769. The van der Waals surface area contributed by atoms with E-state index < -0.39 is 0 Å². The molecule has 2 rings (SSSR count). The Kier molecular flexibility index (Phi) is 4.91. The van der Waals surface area contributed by atoms with Gasteiger partial charge in [0.1, 0.15) is 5.82 Å². The summed E-state index contributed by atoms with van der Waals surface area (Å²) in [5.41, 5.74) is 0.701. The molecule has 0 N–H and O–H groups in total. The molecule has 0 fully saturated rings. The Morgan fingerprint density at radius 3 is 1.73 bits per heavy atom. The molecule has 0 aliphatic carbocycles. The van der Waals surface area contributed by atoms with Gasteiger partial charge in [-0.15, -0.1) is 12.6 Å². The predicted molar refractivity (Wildman–Crippen MR) is 64.8 cm³/mol. The summed E-state index contributed by atoms with van der Waals surface area (Å²) in [4.78, 5) is 1.02. The quantitative estimate of drug-likeness (QED) is 0.635. The summed E-state index contributed by atoms with van der Waals surface area (Å²) >= 11 is 4.08. The van der Waals surface area contributed by atoms with Crippen molar-refractivity contribution in [1.29, 1.82) is 0 Å². The van der Waals surface area contributed by atoms with Crippen molar-refractivity contribution in [2.45, 2.75) is 11.8 Å². The minimum Gasteiger partial charge on any atom is -0.207 e. The lowest BCUT2D eigenvalue weighted by molar-refractivity contribution is 0.618. The number of rotatable bonds is 0. The van der Waals surface area contributed by atoms with Gasteiger partial charge in [-0.2, -0.15) is 0 Å². The van der Waals surface area contributed by atoms with Crippen LogP contribution in [0.3, 0.4) is 0 Å². The largest absolute Gasteiger partial charge is 0.207 e. The van der Waals surface area contributed by atoms with Gasteiger partial charge in [0.15, 0.2) is 0 Å². The van der Waals surface area contributed by atoms with Crippen molar-refractivity contribution < 1.29 is 4.39 Å². The van der Waals surface area contributed by atoms with Crippen LogP contribution in [0.4, 0.5) is 4.39 Å². The van der Waals surface area contributed by atoms with E-state index in [0.717, 1.165) is 4.90 Å². The van der Waals surface area contributed by atoms with E-state index in [0.29, 0.717) is 5.56 Å². The summed E-state index contributed by atoms with van der Waals surface area (Å²) in [6.07, 6.45) is 0. The Morgan fingerprint density at radius 1 is 0.867 bits per heavy atom. The summed E-state index contributed by atoms with van der Waals surface area (Å²) in [6, 6.07) is 16.5. The lowest BCUT2D eigenvalue weighted by Crippen LogP contribution is -1.76. The van der Waals surface area contributed by atoms with Gasteiger partial charge in [0.2, 0.25) is 0 Å². The number of halogens is 1. The Morgan fingerprint density at radius 2 is 1.40 bits per heavy atom. The molecule has 0 unspecified atom stereocenters. The Hall–Kier alpha value is -1.28. The highest BCUT2D eigenvalue weighted by molar-refractivity contribution is 7.80. The van der Waals surface area contributed by atoms with Crippen molar-refractivity contribution in [2.24, 2.45) is 0 Å². The molecule has 0 heterocycles. The molecule has 2 aromatic carbocycles. The monoisotopic (exact) mass is 220 g/mol. The van der Waals surface area contributed by atoms with Crippen LogP contribution in [0, 0.1) is 12.7 Å². The molecule has 2 aromatic rings. The topological polar surface area (TPSA) is 0 Å². The smallest absolute Gasteiger partial charge is 0.126 e. The molecule has 78 valence electrons. The van der Waals surface area contributed by atoms with Gasteiger partial charge in [-0.05, 0) is 30.7 Å². The van der Waals surface area contributed by atoms with Crippen LogP contribution in [0.25, 0.3) is 0 Å². The fourth-order valence-electron chi connectivity index (χ4n) is 0.979. The van der Waals surface area contributed by atoms with Gasteiger partial charge in [0.05, 0.1) is 0 Å². The molecular formula is C13H13FS. The maximum absolute atomic E-state index is 12.3. The van der Waals surface area contributed by atoms with Crippen molar-refractivity contribution in [3.05, 3.63) is 66.0 Å². The maximum atomic E-state index is 12.3. The maximum Gasteiger partial charge on any atom is 0.126 e. The molecule has 0 aliphatic rings. The minimum atomic E-state index is -0.132. The molecule has 0 aliphatic heterocycles. The van der Waals surface area contributed by atoms with Crippen LogP contribution < -0.4 is 0 Å². The van der Waals surface area contributed by atoms with Gasteiger partial charge in [-0.25, -0.2) is 4.39 Å². The summed E-state index contributed by atoms with van der Waals surface area (Å²) in [5.74, 6) is -0.132. The van der Waals surface area contributed by atoms with Gasteiger partial charge in [-0.1, -0.05) is 36.4 Å². The van der Waals surface area contributed by atoms with E-state index in [1.165, 1.54) is 6.07 Å². The highest BCUT2D eigenvalue weighted by Gasteiger charge is 1.88. The fourth-order valence-corrected chi connectivity index (χ4v) is 1.15. The standard InChI is InChI=1S/C7H7F.C6H6S/c1-6-4-2-3-5-7(6)8;7-6-4-2-1-3-5-6/h2-5H,1H3;1-5,7H. The van der Waals surface area contributed by atoms with E-state index >= 15 is 0 Å². The van der Waals surface area contributed by atoms with Crippen LogP contribution in [-0.4, -0.2) is 0 Å². The molecule has 0 bridgehead atoms. The molecule has 0 atom stereocenters. The SMILES string of the molecule is Cc1ccccc1F.Sc1ccccc1. The third kappa shape index (κ3) is 4.66. The average Bonchev–Trinajstić information content (AvgIpc) is 2.25. The molecule has 0 amide bonds. The van der Waals surface area contributed by atoms with E-state index in [1.54, 1.807) is 19.1 Å². The molecule has 0 saturated heterocycles. The molecule has 0 nitrogen and oxygen atoms in total. The third-order valence-electron chi connectivity index (χ3n) is 1.83. The normalized spacial score (nSPS) is 9.00. The number of aryl methyl sites for hydroxylation is 1. The summed E-state index contributed by atoms with van der Waals surface area (Å²) in [5, 5.41) is 0. The van der Waals surface area contributed by atoms with Crippen LogP contribution in [-0.2, 0) is 0 Å². The zero-order valence-electron chi connectivity index (χ0n) is 8.52. The third-order valence-corrected chi connectivity index (χ3v) is 2.13. The first-order valence-corrected chi connectivity index (χ1v) is 5.10. The number of hydrogen-bond donors (Lipinski definition) is 1. The molecule has 15 heavy (non-hydrogen) atoms. The van der Waals surface area contributed by atoms with Crippen LogP contribution in [0.1, 0.15) is 5.56 Å². The average molecular weight is 220 g/mol. The summed E-state index contributed by atoms with van der Waals surface area (Å²) < 4.78 is 12.3. The molecular weight excluding hydrogens is 207 g/mol. The van der Waals surface area contributed by atoms with Crippen molar-refractivity contribution in [3.63, 3.8) is 0 Å². The first-order chi connectivity index (χ1) is 7.20. The van der Waals surface area contributed by atoms with Gasteiger partial charge in [-0.3, -0.25) is 0 Å². The van der Waals surface area contributed by atoms with E-state index in [-0.39, 0.29) is 5.82 Å². The molecule has 0 radical (unpaired) electrons. The minimum absolute atomic E-state index is 0.132. The van der Waals surface area contributed by atoms with Crippen LogP contribution in [0.2, 0.25) is 0 Å². The molecule has 0 spiro atoms. The van der Waals surface area contributed by atoms with E-state index in [4.69, 9.17) is 0 Å². The van der Waals surface area contributed by atoms with Crippen LogP contribution in [0.15, 0.2) is 59.5 Å². The second kappa shape index (κ2) is 6.25. The zero-order chi connectivity index (χ0) is 11.1. The van der Waals surface area contributed by atoms with Gasteiger partial charge < -0.3 is 0 Å². The Balaban J connectivity index is 0.000000151. The second-order valence-corrected chi connectivity index (χ2v) is 3.60. The second-order valence-electron chi connectivity index (χ2n) is 3.08. The van der Waals surface area contributed by atoms with E-state index in [1.807, 2.05) is 36.4 Å². The van der Waals surface area contributed by atoms with E-state index in [9.17, 15) is 4.39 Å². The van der Waals surface area contributed by atoms with Gasteiger partial charge >= 0.3 is 0 Å². The molecule has 0 saturated carbocycles. The number of hydrogen-bond acceptors (Lipinski definition) is 1. The number of benzene rings is 2. The van der Waals surface area contributed by atoms with Gasteiger partial charge in [0, 0.05) is 4.90 Å². The zero-order valence-corrected chi connectivity index (χ0v) is 9.42. The molecule has 2 heteroatoms. The summed E-state index contributed by atoms with van der Waals surface area (Å²) in [6.45, 7) is 1.75. The highest BCUT2D eigenvalue weighted by atomic mass is 32.1. The lowest BCUT2D eigenvalue weighted by Gasteiger charge is -1.89. The van der Waals surface area contributed by atoms with Crippen molar-refractivity contribution in [3.8, 4) is 0 Å². The van der Waals surface area contributed by atoms with Crippen molar-refractivity contribution >= 4 is 12.6 Å². The Labute approximate surface area is 95.2 Å². The van der Waals surface area contributed by atoms with Gasteiger partial charge in [0.25, 0.3) is 0 Å². The van der Waals surface area contributed by atoms with Crippen molar-refractivity contribution in [2.75, 3.05) is 0 Å². The molecule has 0 aromatic heterocycles. The first-order valence-electron chi connectivity index (χ1n) is 4.65. The Bertz CT molecular complexity index is 377. The van der Waals surface area contributed by atoms with Crippen LogP contribution >= 0.6 is 12.6 Å². The van der Waals surface area contributed by atoms with Crippen LogP contribution in [0.5, 0.6) is 0 Å². The predicted octanol–water partition coefficient (Wildman–Crippen LogP) is 4.11. The highest BCUT2D eigenvalue weighted by Crippen LogP contribution is 2.02.